The molecule has 1 heterocycles. The number of anilines is 1. The van der Waals surface area contributed by atoms with Crippen LogP contribution in [0.15, 0.2) is 48.5 Å². The Morgan fingerprint density at radius 1 is 1.08 bits per heavy atom. The van der Waals surface area contributed by atoms with Gasteiger partial charge in [-0.25, -0.2) is 0 Å². The fourth-order valence-electron chi connectivity index (χ4n) is 3.07. The van der Waals surface area contributed by atoms with Crippen molar-refractivity contribution in [1.29, 1.82) is 0 Å². The van der Waals surface area contributed by atoms with Crippen LogP contribution in [0, 0.1) is 0 Å². The lowest BCUT2D eigenvalue weighted by Gasteiger charge is -2.19. The topological polar surface area (TPSA) is 49.4 Å². The second-order valence-corrected chi connectivity index (χ2v) is 8.12. The Morgan fingerprint density at radius 2 is 1.69 bits per heavy atom. The number of halogens is 1. The van der Waals surface area contributed by atoms with E-state index in [-0.39, 0.29) is 23.3 Å². The minimum absolute atomic E-state index is 0.000651. The summed E-state index contributed by atoms with van der Waals surface area (Å²) in [5.41, 5.74) is 2.63. The summed E-state index contributed by atoms with van der Waals surface area (Å²) in [4.78, 5) is 26.5. The van der Waals surface area contributed by atoms with Crippen molar-refractivity contribution in [2.45, 2.75) is 38.6 Å². The van der Waals surface area contributed by atoms with Crippen molar-refractivity contribution in [3.63, 3.8) is 0 Å². The zero-order valence-electron chi connectivity index (χ0n) is 15.3. The summed E-state index contributed by atoms with van der Waals surface area (Å²) in [6, 6.07) is 14.6. The number of nitrogens with zero attached hydrogens (tertiary/aromatic N) is 1. The Hall–Kier alpha value is -2.33. The van der Waals surface area contributed by atoms with Crippen LogP contribution in [-0.2, 0) is 10.2 Å². The first-order chi connectivity index (χ1) is 12.2. The Bertz CT molecular complexity index is 807. The molecule has 0 aromatic heterocycles. The van der Waals surface area contributed by atoms with Crippen LogP contribution in [0.2, 0.25) is 5.02 Å². The lowest BCUT2D eigenvalue weighted by atomic mass is 9.86. The van der Waals surface area contributed by atoms with Crippen LogP contribution in [0.4, 0.5) is 5.69 Å². The average Bonchev–Trinajstić information content (AvgIpc) is 2.95. The van der Waals surface area contributed by atoms with Gasteiger partial charge in [0, 0.05) is 29.2 Å². The fraction of sp³-hybridized carbons (Fsp3) is 0.333. The highest BCUT2D eigenvalue weighted by Gasteiger charge is 2.31. The van der Waals surface area contributed by atoms with Crippen molar-refractivity contribution in [2.24, 2.45) is 0 Å². The van der Waals surface area contributed by atoms with E-state index in [1.807, 2.05) is 36.4 Å². The molecule has 1 saturated heterocycles. The zero-order chi connectivity index (χ0) is 18.9. The molecule has 1 fully saturated rings. The summed E-state index contributed by atoms with van der Waals surface area (Å²) in [6.07, 6.45) is 0.300. The monoisotopic (exact) mass is 370 g/mol. The molecule has 0 saturated carbocycles. The van der Waals surface area contributed by atoms with Crippen LogP contribution < -0.4 is 10.2 Å². The number of benzene rings is 2. The van der Waals surface area contributed by atoms with Crippen molar-refractivity contribution in [3.8, 4) is 0 Å². The van der Waals surface area contributed by atoms with E-state index in [0.29, 0.717) is 23.6 Å². The highest BCUT2D eigenvalue weighted by molar-refractivity contribution is 6.30. The minimum Gasteiger partial charge on any atom is -0.347 e. The molecule has 2 aromatic rings. The number of carbonyl (C=O) groups is 2. The van der Waals surface area contributed by atoms with Gasteiger partial charge in [-0.15, -0.1) is 0 Å². The Morgan fingerprint density at radius 3 is 2.27 bits per heavy atom. The maximum absolute atomic E-state index is 12.5. The molecule has 0 bridgehead atoms. The summed E-state index contributed by atoms with van der Waals surface area (Å²) >= 11 is 5.90. The molecular formula is C21H23ClN2O2. The molecule has 1 aliphatic rings. The molecule has 136 valence electrons. The summed E-state index contributed by atoms with van der Waals surface area (Å²) in [5, 5.41) is 3.60. The van der Waals surface area contributed by atoms with Gasteiger partial charge in [-0.3, -0.25) is 9.59 Å². The lowest BCUT2D eigenvalue weighted by Crippen LogP contribution is -2.37. The number of hydrogen-bond donors (Lipinski definition) is 1. The zero-order valence-corrected chi connectivity index (χ0v) is 16.0. The van der Waals surface area contributed by atoms with Crippen molar-refractivity contribution in [2.75, 3.05) is 11.4 Å². The van der Waals surface area contributed by atoms with Gasteiger partial charge in [-0.2, -0.15) is 0 Å². The molecule has 1 aliphatic heterocycles. The van der Waals surface area contributed by atoms with Gasteiger partial charge in [0.25, 0.3) is 5.91 Å². The molecular weight excluding hydrogens is 348 g/mol. The van der Waals surface area contributed by atoms with Gasteiger partial charge in [0.2, 0.25) is 5.91 Å². The number of nitrogens with one attached hydrogen (secondary N) is 1. The predicted molar refractivity (Wildman–Crippen MR) is 105 cm³/mol. The summed E-state index contributed by atoms with van der Waals surface area (Å²) < 4.78 is 0. The smallest absolute Gasteiger partial charge is 0.251 e. The van der Waals surface area contributed by atoms with Gasteiger partial charge < -0.3 is 10.2 Å². The number of amides is 2. The molecule has 0 aliphatic carbocycles. The second-order valence-electron chi connectivity index (χ2n) is 7.68. The highest BCUT2D eigenvalue weighted by atomic mass is 35.5. The maximum atomic E-state index is 12.5. The molecule has 2 aromatic carbocycles. The first-order valence-corrected chi connectivity index (χ1v) is 9.09. The predicted octanol–water partition coefficient (Wildman–Crippen LogP) is 4.17. The summed E-state index contributed by atoms with van der Waals surface area (Å²) in [5.74, 6) is -0.151. The second kappa shape index (κ2) is 7.12. The third-order valence-electron chi connectivity index (χ3n) is 4.61. The van der Waals surface area contributed by atoms with Crippen molar-refractivity contribution in [1.82, 2.24) is 5.32 Å². The van der Waals surface area contributed by atoms with Crippen LogP contribution in [0.25, 0.3) is 0 Å². The molecule has 26 heavy (non-hydrogen) atoms. The van der Waals surface area contributed by atoms with E-state index in [1.54, 1.807) is 17.0 Å². The first kappa shape index (κ1) is 18.5. The van der Waals surface area contributed by atoms with E-state index in [1.165, 1.54) is 5.56 Å². The normalized spacial score (nSPS) is 17.5. The average molecular weight is 371 g/mol. The Kier molecular flexibility index (Phi) is 5.05. The highest BCUT2D eigenvalue weighted by Crippen LogP contribution is 2.24. The molecule has 4 nitrogen and oxygen atoms in total. The lowest BCUT2D eigenvalue weighted by molar-refractivity contribution is -0.117. The molecule has 5 heteroatoms. The van der Waals surface area contributed by atoms with E-state index in [2.05, 4.69) is 26.1 Å². The van der Waals surface area contributed by atoms with Gasteiger partial charge in [0.05, 0.1) is 6.04 Å². The Balaban J connectivity index is 1.65. The van der Waals surface area contributed by atoms with Crippen LogP contribution >= 0.6 is 11.6 Å². The Labute approximate surface area is 159 Å². The molecule has 1 unspecified atom stereocenters. The minimum atomic E-state index is -0.201. The van der Waals surface area contributed by atoms with Crippen LogP contribution in [0.3, 0.4) is 0 Å². The number of rotatable bonds is 3. The van der Waals surface area contributed by atoms with E-state index in [0.717, 1.165) is 5.69 Å². The maximum Gasteiger partial charge on any atom is 0.251 e. The molecule has 1 atom stereocenters. The van der Waals surface area contributed by atoms with Gasteiger partial charge in [0.1, 0.15) is 0 Å². The standard InChI is InChI=1S/C21H23ClN2O2/c1-21(2,3)15-6-4-14(5-7-15)20(26)23-17-12-19(25)24(13-17)18-10-8-16(22)9-11-18/h4-11,17H,12-13H2,1-3H3,(H,23,26). The van der Waals surface area contributed by atoms with Gasteiger partial charge in [0.15, 0.2) is 0 Å². The van der Waals surface area contributed by atoms with Gasteiger partial charge in [-0.05, 0) is 47.4 Å². The summed E-state index contributed by atoms with van der Waals surface area (Å²) in [7, 11) is 0. The molecule has 0 spiro atoms. The molecule has 2 amide bonds. The van der Waals surface area contributed by atoms with Gasteiger partial charge in [-0.1, -0.05) is 44.5 Å². The van der Waals surface area contributed by atoms with E-state index >= 15 is 0 Å². The van der Waals surface area contributed by atoms with Crippen molar-refractivity contribution in [3.05, 3.63) is 64.7 Å². The number of carbonyl (C=O) groups excluding carboxylic acids is 2. The van der Waals surface area contributed by atoms with Crippen LogP contribution in [0.5, 0.6) is 0 Å². The van der Waals surface area contributed by atoms with Crippen LogP contribution in [-0.4, -0.2) is 24.4 Å². The van der Waals surface area contributed by atoms with Crippen molar-refractivity contribution >= 4 is 29.1 Å². The fourth-order valence-corrected chi connectivity index (χ4v) is 3.19. The third-order valence-corrected chi connectivity index (χ3v) is 4.86. The molecule has 3 rings (SSSR count). The molecule has 0 radical (unpaired) electrons. The van der Waals surface area contributed by atoms with E-state index in [9.17, 15) is 9.59 Å². The SMILES string of the molecule is CC(C)(C)c1ccc(C(=O)NC2CC(=O)N(c3ccc(Cl)cc3)C2)cc1. The van der Waals surface area contributed by atoms with E-state index < -0.39 is 0 Å². The van der Waals surface area contributed by atoms with Gasteiger partial charge >= 0.3 is 0 Å². The quantitative estimate of drug-likeness (QED) is 0.881. The largest absolute Gasteiger partial charge is 0.347 e. The van der Waals surface area contributed by atoms with E-state index in [4.69, 9.17) is 11.6 Å². The summed E-state index contributed by atoms with van der Waals surface area (Å²) in [6.45, 7) is 6.87. The van der Waals surface area contributed by atoms with Crippen molar-refractivity contribution < 1.29 is 9.59 Å². The first-order valence-electron chi connectivity index (χ1n) is 8.71. The third kappa shape index (κ3) is 4.07. The molecule has 1 N–H and O–H groups in total. The van der Waals surface area contributed by atoms with Crippen LogP contribution in [0.1, 0.15) is 43.1 Å². The number of hydrogen-bond acceptors (Lipinski definition) is 2.